The molecule has 1 aliphatic carbocycles. The molecule has 1 fully saturated rings. The number of nitro groups is 1. The second-order valence-electron chi connectivity index (χ2n) is 6.11. The molecule has 0 heterocycles. The molecule has 1 saturated carbocycles. The quantitative estimate of drug-likeness (QED) is 0.134. The van der Waals surface area contributed by atoms with E-state index in [1.807, 2.05) is 11.9 Å². The molecule has 0 aromatic heterocycles. The molecule has 0 aliphatic heterocycles. The number of hydrogen-bond acceptors (Lipinski definition) is 5. The summed E-state index contributed by atoms with van der Waals surface area (Å²) in [5.74, 6) is 1.55. The van der Waals surface area contributed by atoms with Crippen molar-refractivity contribution in [2.75, 3.05) is 52.3 Å². The van der Waals surface area contributed by atoms with Crippen LogP contribution in [0, 0.1) is 16.0 Å². The number of hydrogen-bond donors (Lipinski definition) is 2. The van der Waals surface area contributed by atoms with Gasteiger partial charge < -0.3 is 20.3 Å². The predicted molar refractivity (Wildman–Crippen MR) is 115 cm³/mol. The monoisotopic (exact) mass is 477 g/mol. The van der Waals surface area contributed by atoms with E-state index in [9.17, 15) is 10.1 Å². The number of likely N-dealkylation sites (N-methyl/N-ethyl adjacent to an activating group) is 1. The normalized spacial score (nSPS) is 13.7. The number of nitro benzene ring substituents is 1. The van der Waals surface area contributed by atoms with Crippen molar-refractivity contribution in [3.63, 3.8) is 0 Å². The maximum absolute atomic E-state index is 11.0. The Kier molecular flexibility index (Phi) is 10.3. The average molecular weight is 477 g/mol. The van der Waals surface area contributed by atoms with Crippen LogP contribution in [0.2, 0.25) is 0 Å². The molecule has 26 heavy (non-hydrogen) atoms. The van der Waals surface area contributed by atoms with Gasteiger partial charge in [0.15, 0.2) is 5.96 Å². The Bertz CT molecular complexity index is 596. The second kappa shape index (κ2) is 11.9. The summed E-state index contributed by atoms with van der Waals surface area (Å²) in [6.45, 7) is 3.47. The topological polar surface area (TPSA) is 92.0 Å². The maximum atomic E-state index is 11.0. The smallest absolute Gasteiger partial charge is 0.292 e. The van der Waals surface area contributed by atoms with Crippen molar-refractivity contribution in [1.29, 1.82) is 0 Å². The molecule has 0 amide bonds. The van der Waals surface area contributed by atoms with E-state index in [0.717, 1.165) is 25.0 Å². The van der Waals surface area contributed by atoms with E-state index in [1.165, 1.54) is 18.9 Å². The third-order valence-electron chi connectivity index (χ3n) is 4.02. The van der Waals surface area contributed by atoms with Crippen LogP contribution in [0.1, 0.15) is 12.8 Å². The molecular weight excluding hydrogens is 449 g/mol. The molecule has 2 N–H and O–H groups in total. The molecule has 0 spiro atoms. The summed E-state index contributed by atoms with van der Waals surface area (Å²) in [6.07, 6.45) is 2.59. The van der Waals surface area contributed by atoms with Gasteiger partial charge in [-0.2, -0.15) is 0 Å². The number of nitrogens with one attached hydrogen (secondary N) is 2. The Morgan fingerprint density at radius 2 is 2.12 bits per heavy atom. The van der Waals surface area contributed by atoms with E-state index in [2.05, 4.69) is 15.6 Å². The van der Waals surface area contributed by atoms with Crippen molar-refractivity contribution in [2.45, 2.75) is 12.8 Å². The average Bonchev–Trinajstić information content (AvgIpc) is 3.43. The van der Waals surface area contributed by atoms with Gasteiger partial charge in [-0.25, -0.2) is 0 Å². The van der Waals surface area contributed by atoms with Gasteiger partial charge >= 0.3 is 0 Å². The minimum atomic E-state index is -0.385. The molecule has 8 nitrogen and oxygen atoms in total. The molecule has 0 radical (unpaired) electrons. The lowest BCUT2D eigenvalue weighted by Gasteiger charge is -2.22. The minimum absolute atomic E-state index is 0. The van der Waals surface area contributed by atoms with Crippen molar-refractivity contribution in [2.24, 2.45) is 10.9 Å². The Balaban J connectivity index is 0.00000338. The number of benzene rings is 1. The first-order valence-electron chi connectivity index (χ1n) is 8.58. The van der Waals surface area contributed by atoms with E-state index >= 15 is 0 Å². The van der Waals surface area contributed by atoms with E-state index in [-0.39, 0.29) is 34.6 Å². The lowest BCUT2D eigenvalue weighted by molar-refractivity contribution is -0.384. The Labute approximate surface area is 171 Å². The first-order valence-corrected chi connectivity index (χ1v) is 8.58. The fraction of sp³-hybridized carbons (Fsp3) is 0.588. The predicted octanol–water partition coefficient (Wildman–Crippen LogP) is 2.56. The van der Waals surface area contributed by atoms with Crippen LogP contribution in [0.4, 0.5) is 11.4 Å². The van der Waals surface area contributed by atoms with Crippen LogP contribution in [0.25, 0.3) is 0 Å². The molecule has 2 rings (SSSR count). The zero-order valence-corrected chi connectivity index (χ0v) is 17.6. The molecule has 0 atom stereocenters. The highest BCUT2D eigenvalue weighted by molar-refractivity contribution is 14.0. The Morgan fingerprint density at radius 1 is 1.38 bits per heavy atom. The molecular formula is C17H28IN5O3. The highest BCUT2D eigenvalue weighted by Crippen LogP contribution is 2.28. The molecule has 1 aromatic carbocycles. The van der Waals surface area contributed by atoms with Crippen LogP contribution in [0.3, 0.4) is 0 Å². The number of halogens is 1. The van der Waals surface area contributed by atoms with E-state index in [1.54, 1.807) is 25.2 Å². The van der Waals surface area contributed by atoms with E-state index < -0.39 is 0 Å². The molecule has 1 aromatic rings. The van der Waals surface area contributed by atoms with Crippen LogP contribution in [0.5, 0.6) is 0 Å². The molecule has 146 valence electrons. The molecule has 0 saturated heterocycles. The summed E-state index contributed by atoms with van der Waals surface area (Å²) < 4.78 is 5.64. The van der Waals surface area contributed by atoms with Gasteiger partial charge in [-0.3, -0.25) is 15.1 Å². The number of nitrogens with zero attached hydrogens (tertiary/aromatic N) is 3. The van der Waals surface area contributed by atoms with Crippen molar-refractivity contribution in [3.8, 4) is 0 Å². The van der Waals surface area contributed by atoms with Gasteiger partial charge in [0.25, 0.3) is 5.69 Å². The van der Waals surface area contributed by atoms with Crippen LogP contribution in [-0.2, 0) is 4.74 Å². The van der Waals surface area contributed by atoms with Crippen LogP contribution in [0.15, 0.2) is 29.3 Å². The number of aliphatic imine (C=N–C) groups is 1. The second-order valence-corrected chi connectivity index (χ2v) is 6.11. The SMILES string of the molecule is CN=C(NCCNc1ccccc1[N+](=O)[O-])N(C)CCOCC1CC1.I. The lowest BCUT2D eigenvalue weighted by atomic mass is 10.2. The van der Waals surface area contributed by atoms with Crippen LogP contribution < -0.4 is 10.6 Å². The summed E-state index contributed by atoms with van der Waals surface area (Å²) in [5, 5.41) is 17.3. The Hall–Kier alpha value is -1.62. The van der Waals surface area contributed by atoms with Crippen molar-refractivity contribution in [1.82, 2.24) is 10.2 Å². The highest BCUT2D eigenvalue weighted by Gasteiger charge is 2.21. The molecule has 1 aliphatic rings. The van der Waals surface area contributed by atoms with Gasteiger partial charge in [0.2, 0.25) is 0 Å². The van der Waals surface area contributed by atoms with E-state index in [0.29, 0.717) is 25.4 Å². The fourth-order valence-electron chi connectivity index (χ4n) is 2.38. The number of anilines is 1. The van der Waals surface area contributed by atoms with Gasteiger partial charge in [0.05, 0.1) is 11.5 Å². The summed E-state index contributed by atoms with van der Waals surface area (Å²) in [6, 6.07) is 6.63. The molecule has 0 bridgehead atoms. The van der Waals surface area contributed by atoms with Gasteiger partial charge in [0, 0.05) is 46.4 Å². The van der Waals surface area contributed by atoms with Crippen molar-refractivity contribution < 1.29 is 9.66 Å². The van der Waals surface area contributed by atoms with Gasteiger partial charge in [-0.15, -0.1) is 24.0 Å². The molecule has 9 heteroatoms. The third-order valence-corrected chi connectivity index (χ3v) is 4.02. The third kappa shape index (κ3) is 7.73. The highest BCUT2D eigenvalue weighted by atomic mass is 127. The van der Waals surface area contributed by atoms with Crippen LogP contribution >= 0.6 is 24.0 Å². The van der Waals surface area contributed by atoms with Gasteiger partial charge in [-0.1, -0.05) is 12.1 Å². The first kappa shape index (κ1) is 22.4. The number of rotatable bonds is 10. The summed E-state index contributed by atoms with van der Waals surface area (Å²) >= 11 is 0. The zero-order valence-electron chi connectivity index (χ0n) is 15.3. The zero-order chi connectivity index (χ0) is 18.1. The summed E-state index contributed by atoms with van der Waals surface area (Å²) in [7, 11) is 3.70. The number of para-hydroxylation sites is 2. The number of ether oxygens (including phenoxy) is 1. The van der Waals surface area contributed by atoms with Crippen molar-refractivity contribution in [3.05, 3.63) is 34.4 Å². The minimum Gasteiger partial charge on any atom is -0.379 e. The maximum Gasteiger partial charge on any atom is 0.292 e. The standard InChI is InChI=1S/C17H27N5O3.HI/c1-18-17(21(2)11-12-25-13-14-7-8-14)20-10-9-19-15-5-3-4-6-16(15)22(23)24;/h3-6,14,19H,7-13H2,1-2H3,(H,18,20);1H. The first-order chi connectivity index (χ1) is 12.1. The van der Waals surface area contributed by atoms with Crippen molar-refractivity contribution >= 4 is 41.3 Å². The van der Waals surface area contributed by atoms with Gasteiger partial charge in [-0.05, 0) is 24.8 Å². The Morgan fingerprint density at radius 3 is 2.77 bits per heavy atom. The molecule has 0 unspecified atom stereocenters. The fourth-order valence-corrected chi connectivity index (χ4v) is 2.38. The van der Waals surface area contributed by atoms with E-state index in [4.69, 9.17) is 4.74 Å². The largest absolute Gasteiger partial charge is 0.379 e. The van der Waals surface area contributed by atoms with Crippen LogP contribution in [-0.4, -0.2) is 62.7 Å². The van der Waals surface area contributed by atoms with Gasteiger partial charge in [0.1, 0.15) is 5.69 Å². The summed E-state index contributed by atoms with van der Waals surface area (Å²) in [5.41, 5.74) is 0.600. The number of guanidine groups is 1. The lowest BCUT2D eigenvalue weighted by Crippen LogP contribution is -2.42. The summed E-state index contributed by atoms with van der Waals surface area (Å²) in [4.78, 5) is 16.9.